The molecule has 0 aromatic carbocycles. The lowest BCUT2D eigenvalue weighted by molar-refractivity contribution is 0.0837. The summed E-state index contributed by atoms with van der Waals surface area (Å²) in [6.45, 7) is 5.17. The molecule has 7 heteroatoms. The van der Waals surface area contributed by atoms with Gasteiger partial charge in [-0.25, -0.2) is 0 Å². The topological polar surface area (TPSA) is 89.0 Å². The van der Waals surface area contributed by atoms with E-state index in [1.807, 2.05) is 25.6 Å². The number of pyridine rings is 1. The third kappa shape index (κ3) is 3.12. The Morgan fingerprint density at radius 3 is 2.96 bits per heavy atom. The number of nitrogens with zero attached hydrogens (tertiary/aromatic N) is 2. The van der Waals surface area contributed by atoms with E-state index >= 15 is 0 Å². The molecular formula is C17H22N4O3. The molecule has 1 amide bonds. The summed E-state index contributed by atoms with van der Waals surface area (Å²) in [4.78, 5) is 26.3. The SMILES string of the molecule is Cc1nn(C)c(C)c1[C@@H]1OCC[C@H]1CNC(=O)c1cc(=O)cc[nH]1. The van der Waals surface area contributed by atoms with E-state index < -0.39 is 0 Å². The Bertz CT molecular complexity index is 808. The van der Waals surface area contributed by atoms with Crippen LogP contribution in [-0.4, -0.2) is 33.8 Å². The number of aromatic nitrogens is 3. The summed E-state index contributed by atoms with van der Waals surface area (Å²) in [5.74, 6) is -0.0936. The van der Waals surface area contributed by atoms with Crippen molar-refractivity contribution in [2.75, 3.05) is 13.2 Å². The minimum absolute atomic E-state index is 0.0613. The molecule has 0 saturated carbocycles. The minimum atomic E-state index is -0.280. The maximum atomic E-state index is 12.2. The second kappa shape index (κ2) is 6.60. The molecule has 1 aliphatic heterocycles. The van der Waals surface area contributed by atoms with Crippen LogP contribution >= 0.6 is 0 Å². The second-order valence-corrected chi connectivity index (χ2v) is 6.20. The van der Waals surface area contributed by atoms with Gasteiger partial charge in [0.2, 0.25) is 0 Å². The molecule has 2 aromatic rings. The molecule has 0 aliphatic carbocycles. The van der Waals surface area contributed by atoms with Gasteiger partial charge in [0.05, 0.1) is 11.8 Å². The van der Waals surface area contributed by atoms with E-state index in [4.69, 9.17) is 4.74 Å². The highest BCUT2D eigenvalue weighted by Crippen LogP contribution is 2.37. The first-order valence-corrected chi connectivity index (χ1v) is 8.06. The van der Waals surface area contributed by atoms with Crippen molar-refractivity contribution in [3.63, 3.8) is 0 Å². The second-order valence-electron chi connectivity index (χ2n) is 6.20. The molecule has 2 N–H and O–H groups in total. The molecule has 7 nitrogen and oxygen atoms in total. The Morgan fingerprint density at radius 1 is 1.50 bits per heavy atom. The Kier molecular flexibility index (Phi) is 4.53. The quantitative estimate of drug-likeness (QED) is 0.882. The molecular weight excluding hydrogens is 308 g/mol. The van der Waals surface area contributed by atoms with Crippen LogP contribution in [0.15, 0.2) is 23.1 Å². The minimum Gasteiger partial charge on any atom is -0.373 e. The molecule has 0 radical (unpaired) electrons. The van der Waals surface area contributed by atoms with Gasteiger partial charge in [-0.1, -0.05) is 0 Å². The van der Waals surface area contributed by atoms with Crippen molar-refractivity contribution in [3.8, 4) is 0 Å². The van der Waals surface area contributed by atoms with Gasteiger partial charge in [-0.15, -0.1) is 0 Å². The fourth-order valence-electron chi connectivity index (χ4n) is 3.26. The van der Waals surface area contributed by atoms with E-state index in [-0.39, 0.29) is 29.1 Å². The number of hydrogen-bond donors (Lipinski definition) is 2. The number of aromatic amines is 1. The molecule has 0 spiro atoms. The van der Waals surface area contributed by atoms with Crippen molar-refractivity contribution < 1.29 is 9.53 Å². The highest BCUT2D eigenvalue weighted by molar-refractivity contribution is 5.92. The summed E-state index contributed by atoms with van der Waals surface area (Å²) in [5.41, 5.74) is 3.24. The molecule has 2 atom stereocenters. The van der Waals surface area contributed by atoms with Crippen LogP contribution in [-0.2, 0) is 11.8 Å². The van der Waals surface area contributed by atoms with Gasteiger partial charge in [-0.3, -0.25) is 14.3 Å². The average Bonchev–Trinajstić information content (AvgIpc) is 3.09. The normalized spacial score (nSPS) is 20.3. The van der Waals surface area contributed by atoms with E-state index in [1.54, 1.807) is 0 Å². The molecule has 24 heavy (non-hydrogen) atoms. The van der Waals surface area contributed by atoms with E-state index in [1.165, 1.54) is 18.3 Å². The number of amides is 1. The van der Waals surface area contributed by atoms with Crippen LogP contribution in [0.25, 0.3) is 0 Å². The Hall–Kier alpha value is -2.41. The summed E-state index contributed by atoms with van der Waals surface area (Å²) in [6, 6.07) is 2.68. The number of carbonyl (C=O) groups excluding carboxylic acids is 1. The Labute approximate surface area is 140 Å². The number of hydrogen-bond acceptors (Lipinski definition) is 4. The van der Waals surface area contributed by atoms with Crippen molar-refractivity contribution >= 4 is 5.91 Å². The highest BCUT2D eigenvalue weighted by atomic mass is 16.5. The van der Waals surface area contributed by atoms with Crippen LogP contribution in [0.5, 0.6) is 0 Å². The number of rotatable bonds is 4. The van der Waals surface area contributed by atoms with Crippen LogP contribution in [0.3, 0.4) is 0 Å². The predicted octanol–water partition coefficient (Wildman–Crippen LogP) is 1.23. The van der Waals surface area contributed by atoms with Crippen LogP contribution < -0.4 is 10.7 Å². The molecule has 1 aliphatic rings. The number of aryl methyl sites for hydroxylation is 2. The van der Waals surface area contributed by atoms with E-state index in [2.05, 4.69) is 15.4 Å². The van der Waals surface area contributed by atoms with Gasteiger partial charge in [0, 0.05) is 55.7 Å². The first-order valence-electron chi connectivity index (χ1n) is 8.06. The largest absolute Gasteiger partial charge is 0.373 e. The van der Waals surface area contributed by atoms with Crippen LogP contribution in [0, 0.1) is 19.8 Å². The third-order valence-corrected chi connectivity index (χ3v) is 4.61. The number of H-pyrrole nitrogens is 1. The average molecular weight is 330 g/mol. The van der Waals surface area contributed by atoms with Gasteiger partial charge in [0.1, 0.15) is 5.69 Å². The van der Waals surface area contributed by atoms with Crippen molar-refractivity contribution in [3.05, 3.63) is 51.2 Å². The van der Waals surface area contributed by atoms with Gasteiger partial charge in [0.15, 0.2) is 5.43 Å². The molecule has 3 heterocycles. The fraction of sp³-hybridized carbons (Fsp3) is 0.471. The van der Waals surface area contributed by atoms with Gasteiger partial charge >= 0.3 is 0 Å². The van der Waals surface area contributed by atoms with Gasteiger partial charge in [-0.05, 0) is 20.3 Å². The smallest absolute Gasteiger partial charge is 0.267 e. The van der Waals surface area contributed by atoms with Gasteiger partial charge in [0.25, 0.3) is 5.91 Å². The number of nitrogens with one attached hydrogen (secondary N) is 2. The zero-order valence-corrected chi connectivity index (χ0v) is 14.1. The zero-order valence-electron chi connectivity index (χ0n) is 14.1. The summed E-state index contributed by atoms with van der Waals surface area (Å²) in [6.07, 6.45) is 2.29. The summed E-state index contributed by atoms with van der Waals surface area (Å²) >= 11 is 0. The molecule has 0 unspecified atom stereocenters. The fourth-order valence-corrected chi connectivity index (χ4v) is 3.26. The summed E-state index contributed by atoms with van der Waals surface area (Å²) < 4.78 is 7.78. The molecule has 2 aromatic heterocycles. The molecule has 0 bridgehead atoms. The first-order chi connectivity index (χ1) is 11.5. The lowest BCUT2D eigenvalue weighted by Crippen LogP contribution is -2.31. The molecule has 1 saturated heterocycles. The Balaban J connectivity index is 1.70. The highest BCUT2D eigenvalue weighted by Gasteiger charge is 2.33. The van der Waals surface area contributed by atoms with Gasteiger partial charge < -0.3 is 15.0 Å². The lowest BCUT2D eigenvalue weighted by Gasteiger charge is -2.19. The summed E-state index contributed by atoms with van der Waals surface area (Å²) in [7, 11) is 1.92. The number of ether oxygens (including phenoxy) is 1. The van der Waals surface area contributed by atoms with Crippen LogP contribution in [0.1, 0.15) is 40.0 Å². The van der Waals surface area contributed by atoms with Crippen molar-refractivity contribution in [2.45, 2.75) is 26.4 Å². The van der Waals surface area contributed by atoms with E-state index in [0.717, 1.165) is 23.4 Å². The third-order valence-electron chi connectivity index (χ3n) is 4.61. The lowest BCUT2D eigenvalue weighted by atomic mass is 9.94. The van der Waals surface area contributed by atoms with Crippen molar-refractivity contribution in [1.29, 1.82) is 0 Å². The van der Waals surface area contributed by atoms with E-state index in [9.17, 15) is 9.59 Å². The van der Waals surface area contributed by atoms with E-state index in [0.29, 0.717) is 13.2 Å². The number of carbonyl (C=O) groups is 1. The van der Waals surface area contributed by atoms with Crippen LogP contribution in [0.4, 0.5) is 0 Å². The first kappa shape index (κ1) is 16.4. The maximum absolute atomic E-state index is 12.2. The standard InChI is InChI=1S/C17H22N4O3/c1-10-15(11(2)21(3)20-10)16-12(5-7-24-16)9-19-17(23)14-8-13(22)4-6-18-14/h4,6,8,12,16H,5,7,9H2,1-3H3,(H,18,22)(H,19,23)/t12-,16+/m0/s1. The van der Waals surface area contributed by atoms with Crippen molar-refractivity contribution in [1.82, 2.24) is 20.1 Å². The summed E-state index contributed by atoms with van der Waals surface area (Å²) in [5, 5.41) is 7.35. The predicted molar refractivity (Wildman–Crippen MR) is 88.9 cm³/mol. The molecule has 3 rings (SSSR count). The maximum Gasteiger partial charge on any atom is 0.267 e. The zero-order chi connectivity index (χ0) is 17.3. The monoisotopic (exact) mass is 330 g/mol. The van der Waals surface area contributed by atoms with Crippen molar-refractivity contribution in [2.24, 2.45) is 13.0 Å². The molecule has 1 fully saturated rings. The Morgan fingerprint density at radius 2 is 2.29 bits per heavy atom. The van der Waals surface area contributed by atoms with Crippen LogP contribution in [0.2, 0.25) is 0 Å². The van der Waals surface area contributed by atoms with Gasteiger partial charge in [-0.2, -0.15) is 5.10 Å². The molecule has 128 valence electrons.